The highest BCUT2D eigenvalue weighted by Gasteiger charge is 2.28. The van der Waals surface area contributed by atoms with Crippen LogP contribution in [0.2, 0.25) is 0 Å². The van der Waals surface area contributed by atoms with E-state index in [1.807, 2.05) is 32.0 Å². The molecule has 0 saturated heterocycles. The van der Waals surface area contributed by atoms with Crippen LogP contribution in [0.4, 0.5) is 10.5 Å². The van der Waals surface area contributed by atoms with E-state index in [4.69, 9.17) is 5.11 Å². The number of carbonyl (C=O) groups is 2. The first-order chi connectivity index (χ1) is 9.11. The molecule has 5 heteroatoms. The number of nitrogens with zero attached hydrogens (tertiary/aromatic N) is 1. The predicted octanol–water partition coefficient (Wildman–Crippen LogP) is 3.02. The molecule has 0 atom stereocenters. The third-order valence-electron chi connectivity index (χ3n) is 3.11. The number of anilines is 1. The van der Waals surface area contributed by atoms with Gasteiger partial charge in [0.1, 0.15) is 6.54 Å². The second kappa shape index (κ2) is 5.94. The summed E-state index contributed by atoms with van der Waals surface area (Å²) >= 11 is 0. The Hall–Kier alpha value is -2.04. The zero-order valence-corrected chi connectivity index (χ0v) is 12.7. The van der Waals surface area contributed by atoms with Crippen LogP contribution in [0.5, 0.6) is 0 Å². The minimum Gasteiger partial charge on any atom is -0.480 e. The van der Waals surface area contributed by atoms with E-state index in [1.54, 1.807) is 20.8 Å². The molecule has 1 aromatic rings. The first-order valence-electron chi connectivity index (χ1n) is 6.49. The maximum absolute atomic E-state index is 12.2. The highest BCUT2D eigenvalue weighted by molar-refractivity contribution is 5.92. The number of urea groups is 1. The van der Waals surface area contributed by atoms with Crippen LogP contribution in [0, 0.1) is 13.8 Å². The lowest BCUT2D eigenvalue weighted by Gasteiger charge is -2.34. The molecular weight excluding hydrogens is 256 g/mol. The van der Waals surface area contributed by atoms with Crippen molar-refractivity contribution in [1.82, 2.24) is 4.90 Å². The van der Waals surface area contributed by atoms with Gasteiger partial charge in [0.05, 0.1) is 0 Å². The maximum atomic E-state index is 12.2. The van der Waals surface area contributed by atoms with Crippen LogP contribution in [-0.4, -0.2) is 34.1 Å². The number of carboxylic acids is 1. The fraction of sp³-hybridized carbons (Fsp3) is 0.467. The molecular formula is C15H22N2O3. The smallest absolute Gasteiger partial charge is 0.323 e. The normalized spacial score (nSPS) is 11.1. The van der Waals surface area contributed by atoms with Gasteiger partial charge in [0, 0.05) is 11.2 Å². The Morgan fingerprint density at radius 3 is 2.25 bits per heavy atom. The highest BCUT2D eigenvalue weighted by Crippen LogP contribution is 2.18. The topological polar surface area (TPSA) is 69.6 Å². The molecule has 0 saturated carbocycles. The molecule has 0 unspecified atom stereocenters. The van der Waals surface area contributed by atoms with E-state index in [0.717, 1.165) is 11.1 Å². The van der Waals surface area contributed by atoms with Crippen LogP contribution in [0.3, 0.4) is 0 Å². The Balaban J connectivity index is 2.90. The zero-order chi connectivity index (χ0) is 15.5. The second-order valence-corrected chi connectivity index (χ2v) is 5.88. The molecule has 0 aromatic heterocycles. The zero-order valence-electron chi connectivity index (χ0n) is 12.7. The molecule has 1 aromatic carbocycles. The third-order valence-corrected chi connectivity index (χ3v) is 3.11. The summed E-state index contributed by atoms with van der Waals surface area (Å²) in [4.78, 5) is 24.4. The fourth-order valence-electron chi connectivity index (χ4n) is 1.76. The molecule has 0 spiro atoms. The summed E-state index contributed by atoms with van der Waals surface area (Å²) in [6.45, 7) is 9.03. The van der Waals surface area contributed by atoms with Gasteiger partial charge in [0.25, 0.3) is 0 Å². The first-order valence-corrected chi connectivity index (χ1v) is 6.49. The summed E-state index contributed by atoms with van der Waals surface area (Å²) in [7, 11) is 0. The number of amides is 2. The van der Waals surface area contributed by atoms with Crippen molar-refractivity contribution in [3.63, 3.8) is 0 Å². The van der Waals surface area contributed by atoms with E-state index in [1.165, 1.54) is 4.90 Å². The van der Waals surface area contributed by atoms with Gasteiger partial charge in [-0.3, -0.25) is 4.79 Å². The van der Waals surface area contributed by atoms with Crippen LogP contribution in [0.15, 0.2) is 18.2 Å². The lowest BCUT2D eigenvalue weighted by atomic mass is 10.1. The number of aryl methyl sites for hydroxylation is 2. The second-order valence-electron chi connectivity index (χ2n) is 5.88. The molecule has 20 heavy (non-hydrogen) atoms. The van der Waals surface area contributed by atoms with Crippen molar-refractivity contribution in [2.75, 3.05) is 11.9 Å². The Bertz CT molecular complexity index is 518. The average molecular weight is 278 g/mol. The van der Waals surface area contributed by atoms with E-state index < -0.39 is 17.5 Å². The van der Waals surface area contributed by atoms with Crippen molar-refractivity contribution >= 4 is 17.7 Å². The van der Waals surface area contributed by atoms with Crippen molar-refractivity contribution in [3.8, 4) is 0 Å². The molecule has 0 aliphatic rings. The number of hydrogen-bond acceptors (Lipinski definition) is 2. The van der Waals surface area contributed by atoms with Gasteiger partial charge in [-0.15, -0.1) is 0 Å². The van der Waals surface area contributed by atoms with Crippen molar-refractivity contribution < 1.29 is 14.7 Å². The number of nitrogens with one attached hydrogen (secondary N) is 1. The molecule has 0 fully saturated rings. The summed E-state index contributed by atoms with van der Waals surface area (Å²) < 4.78 is 0. The van der Waals surface area contributed by atoms with Crippen LogP contribution >= 0.6 is 0 Å². The number of rotatable bonds is 3. The molecule has 1 rings (SSSR count). The molecule has 5 nitrogen and oxygen atoms in total. The fourth-order valence-corrected chi connectivity index (χ4v) is 1.76. The molecule has 2 amide bonds. The van der Waals surface area contributed by atoms with Gasteiger partial charge in [-0.05, 0) is 57.9 Å². The third kappa shape index (κ3) is 4.26. The number of carboxylic acid groups (broad SMARTS) is 1. The molecule has 0 heterocycles. The largest absolute Gasteiger partial charge is 0.480 e. The Morgan fingerprint density at radius 1 is 1.20 bits per heavy atom. The molecule has 0 aliphatic carbocycles. The molecule has 110 valence electrons. The van der Waals surface area contributed by atoms with Crippen molar-refractivity contribution in [2.24, 2.45) is 0 Å². The number of carbonyl (C=O) groups excluding carboxylic acids is 1. The monoisotopic (exact) mass is 278 g/mol. The van der Waals surface area contributed by atoms with E-state index in [-0.39, 0.29) is 6.54 Å². The summed E-state index contributed by atoms with van der Waals surface area (Å²) in [5.74, 6) is -1.03. The number of benzene rings is 1. The molecule has 2 N–H and O–H groups in total. The van der Waals surface area contributed by atoms with Crippen LogP contribution in [0.1, 0.15) is 31.9 Å². The van der Waals surface area contributed by atoms with Gasteiger partial charge in [-0.1, -0.05) is 6.07 Å². The van der Waals surface area contributed by atoms with E-state index >= 15 is 0 Å². The van der Waals surface area contributed by atoms with Crippen molar-refractivity contribution in [3.05, 3.63) is 29.3 Å². The quantitative estimate of drug-likeness (QED) is 0.893. The van der Waals surface area contributed by atoms with Crippen molar-refractivity contribution in [2.45, 2.75) is 40.2 Å². The van der Waals surface area contributed by atoms with Crippen LogP contribution in [-0.2, 0) is 4.79 Å². The van der Waals surface area contributed by atoms with Crippen LogP contribution < -0.4 is 5.32 Å². The Kier molecular flexibility index (Phi) is 4.76. The summed E-state index contributed by atoms with van der Waals surface area (Å²) in [6, 6.07) is 5.18. The van der Waals surface area contributed by atoms with Gasteiger partial charge in [0.2, 0.25) is 0 Å². The van der Waals surface area contributed by atoms with Gasteiger partial charge >= 0.3 is 12.0 Å². The van der Waals surface area contributed by atoms with Gasteiger partial charge < -0.3 is 15.3 Å². The minimum absolute atomic E-state index is 0.333. The standard InChI is InChI=1S/C15H22N2O3/c1-10-6-7-12(8-11(10)2)16-14(20)17(9-13(18)19)15(3,4)5/h6-8H,9H2,1-5H3,(H,16,20)(H,18,19). The Labute approximate surface area is 119 Å². The highest BCUT2D eigenvalue weighted by atomic mass is 16.4. The number of hydrogen-bond donors (Lipinski definition) is 2. The summed E-state index contributed by atoms with van der Waals surface area (Å²) in [5.41, 5.74) is 2.31. The Morgan fingerprint density at radius 2 is 1.80 bits per heavy atom. The maximum Gasteiger partial charge on any atom is 0.323 e. The minimum atomic E-state index is -1.03. The van der Waals surface area contributed by atoms with E-state index in [0.29, 0.717) is 5.69 Å². The van der Waals surface area contributed by atoms with E-state index in [2.05, 4.69) is 5.32 Å². The predicted molar refractivity (Wildman–Crippen MR) is 79.0 cm³/mol. The van der Waals surface area contributed by atoms with Gasteiger partial charge in [0.15, 0.2) is 0 Å². The van der Waals surface area contributed by atoms with Crippen LogP contribution in [0.25, 0.3) is 0 Å². The lowest BCUT2D eigenvalue weighted by molar-refractivity contribution is -0.138. The average Bonchev–Trinajstić information content (AvgIpc) is 2.29. The lowest BCUT2D eigenvalue weighted by Crippen LogP contribution is -2.50. The summed E-state index contributed by atoms with van der Waals surface area (Å²) in [5, 5.41) is 11.7. The summed E-state index contributed by atoms with van der Waals surface area (Å²) in [6.07, 6.45) is 0. The van der Waals surface area contributed by atoms with Crippen molar-refractivity contribution in [1.29, 1.82) is 0 Å². The SMILES string of the molecule is Cc1ccc(NC(=O)N(CC(=O)O)C(C)(C)C)cc1C. The molecule has 0 aliphatic heterocycles. The molecule has 0 radical (unpaired) electrons. The van der Waals surface area contributed by atoms with Gasteiger partial charge in [-0.2, -0.15) is 0 Å². The number of aliphatic carboxylic acids is 1. The first kappa shape index (κ1) is 16.0. The van der Waals surface area contributed by atoms with Gasteiger partial charge in [-0.25, -0.2) is 4.79 Å². The van der Waals surface area contributed by atoms with E-state index in [9.17, 15) is 9.59 Å². The molecule has 0 bridgehead atoms.